The molecule has 0 bridgehead atoms. The summed E-state index contributed by atoms with van der Waals surface area (Å²) in [6.45, 7) is 2.89. The number of rotatable bonds is 2. The molecule has 5 heteroatoms. The van der Waals surface area contributed by atoms with Gasteiger partial charge in [-0.05, 0) is 19.1 Å². The molecule has 1 aliphatic rings. The summed E-state index contributed by atoms with van der Waals surface area (Å²) in [5, 5.41) is 2.95. The maximum absolute atomic E-state index is 13.2. The van der Waals surface area contributed by atoms with E-state index in [1.807, 2.05) is 0 Å². The minimum absolute atomic E-state index is 0.252. The van der Waals surface area contributed by atoms with E-state index in [1.54, 1.807) is 6.92 Å². The summed E-state index contributed by atoms with van der Waals surface area (Å²) >= 11 is 0. The van der Waals surface area contributed by atoms with E-state index in [2.05, 4.69) is 5.32 Å². The van der Waals surface area contributed by atoms with E-state index in [9.17, 15) is 13.2 Å². The van der Waals surface area contributed by atoms with Crippen molar-refractivity contribution in [1.29, 1.82) is 0 Å². The van der Waals surface area contributed by atoms with E-state index < -0.39 is 23.1 Å². The normalized spacial score (nSPS) is 18.4. The lowest BCUT2D eigenvalue weighted by Crippen LogP contribution is -2.61. The Morgan fingerprint density at radius 1 is 1.20 bits per heavy atom. The minimum atomic E-state index is -1.50. The largest absolute Gasteiger partial charge is 0.482 e. The van der Waals surface area contributed by atoms with Gasteiger partial charge in [0.2, 0.25) is 5.82 Å². The zero-order valence-electron chi connectivity index (χ0n) is 8.11. The van der Waals surface area contributed by atoms with Crippen LogP contribution in [0.4, 0.5) is 13.2 Å². The predicted octanol–water partition coefficient (Wildman–Crippen LogP) is 1.84. The number of benzene rings is 1. The third kappa shape index (κ3) is 1.79. The highest BCUT2D eigenvalue weighted by Gasteiger charge is 2.35. The molecule has 0 atom stereocenters. The molecule has 0 unspecified atom stereocenters. The van der Waals surface area contributed by atoms with Gasteiger partial charge in [-0.1, -0.05) is 0 Å². The minimum Gasteiger partial charge on any atom is -0.482 e. The van der Waals surface area contributed by atoms with Crippen molar-refractivity contribution >= 4 is 0 Å². The van der Waals surface area contributed by atoms with E-state index in [1.165, 1.54) is 0 Å². The fourth-order valence-corrected chi connectivity index (χ4v) is 1.40. The van der Waals surface area contributed by atoms with Crippen molar-refractivity contribution in [2.24, 2.45) is 0 Å². The molecule has 0 radical (unpaired) electrons. The Bertz CT molecular complexity index is 390. The molecule has 2 rings (SSSR count). The molecule has 1 aliphatic heterocycles. The molecule has 82 valence electrons. The number of hydrogen-bond acceptors (Lipinski definition) is 2. The number of ether oxygens (including phenoxy) is 1. The molecule has 2 nitrogen and oxygen atoms in total. The van der Waals surface area contributed by atoms with Crippen LogP contribution in [0.5, 0.6) is 5.75 Å². The molecule has 1 fully saturated rings. The monoisotopic (exact) mass is 217 g/mol. The summed E-state index contributed by atoms with van der Waals surface area (Å²) in [5.74, 6) is -4.24. The maximum Gasteiger partial charge on any atom is 0.203 e. The Kier molecular flexibility index (Phi) is 2.34. The van der Waals surface area contributed by atoms with Crippen LogP contribution in [0.25, 0.3) is 0 Å². The van der Waals surface area contributed by atoms with Gasteiger partial charge in [0, 0.05) is 13.1 Å². The molecule has 1 heterocycles. The average molecular weight is 217 g/mol. The fraction of sp³-hybridized carbons (Fsp3) is 0.400. The van der Waals surface area contributed by atoms with Crippen LogP contribution in [0, 0.1) is 17.5 Å². The first-order chi connectivity index (χ1) is 7.02. The lowest BCUT2D eigenvalue weighted by molar-refractivity contribution is 0.0303. The second-order valence-corrected chi connectivity index (χ2v) is 3.83. The molecule has 15 heavy (non-hydrogen) atoms. The van der Waals surface area contributed by atoms with Gasteiger partial charge in [0.05, 0.1) is 0 Å². The highest BCUT2D eigenvalue weighted by atomic mass is 19.2. The standard InChI is InChI=1S/C10H10F3NO/c1-10(4-14-5-10)15-7-3-2-6(11)8(12)9(7)13/h2-3,14H,4-5H2,1H3. The Hall–Kier alpha value is -1.23. The lowest BCUT2D eigenvalue weighted by atomic mass is 10.00. The van der Waals surface area contributed by atoms with Gasteiger partial charge >= 0.3 is 0 Å². The number of hydrogen-bond donors (Lipinski definition) is 1. The molecule has 0 saturated carbocycles. The van der Waals surface area contributed by atoms with Crippen LogP contribution in [0.15, 0.2) is 12.1 Å². The molecular weight excluding hydrogens is 207 g/mol. The van der Waals surface area contributed by atoms with Crippen LogP contribution in [0.2, 0.25) is 0 Å². The van der Waals surface area contributed by atoms with Crippen molar-refractivity contribution < 1.29 is 17.9 Å². The van der Waals surface area contributed by atoms with Crippen molar-refractivity contribution in [3.63, 3.8) is 0 Å². The summed E-state index contributed by atoms with van der Waals surface area (Å²) in [4.78, 5) is 0. The van der Waals surface area contributed by atoms with Crippen LogP contribution < -0.4 is 10.1 Å². The second-order valence-electron chi connectivity index (χ2n) is 3.83. The topological polar surface area (TPSA) is 21.3 Å². The smallest absolute Gasteiger partial charge is 0.203 e. The summed E-state index contributed by atoms with van der Waals surface area (Å²) in [5.41, 5.74) is -0.537. The highest BCUT2D eigenvalue weighted by molar-refractivity contribution is 5.27. The molecule has 1 aromatic carbocycles. The van der Waals surface area contributed by atoms with Crippen molar-refractivity contribution in [2.45, 2.75) is 12.5 Å². The third-order valence-corrected chi connectivity index (χ3v) is 2.35. The van der Waals surface area contributed by atoms with Crippen LogP contribution in [0.3, 0.4) is 0 Å². The van der Waals surface area contributed by atoms with Gasteiger partial charge in [-0.2, -0.15) is 4.39 Å². The third-order valence-electron chi connectivity index (χ3n) is 2.35. The molecular formula is C10H10F3NO. The van der Waals surface area contributed by atoms with Gasteiger partial charge in [-0.15, -0.1) is 0 Å². The van der Waals surface area contributed by atoms with E-state index >= 15 is 0 Å². The molecule has 0 aromatic heterocycles. The first-order valence-electron chi connectivity index (χ1n) is 4.55. The SMILES string of the molecule is CC1(Oc2ccc(F)c(F)c2F)CNC1. The lowest BCUT2D eigenvalue weighted by Gasteiger charge is -2.39. The molecule has 0 aliphatic carbocycles. The van der Waals surface area contributed by atoms with Gasteiger partial charge in [0.15, 0.2) is 17.4 Å². The average Bonchev–Trinajstić information content (AvgIpc) is 2.17. The number of halogens is 3. The van der Waals surface area contributed by atoms with E-state index in [4.69, 9.17) is 4.74 Å². The Balaban J connectivity index is 2.25. The van der Waals surface area contributed by atoms with E-state index in [0.717, 1.165) is 12.1 Å². The van der Waals surface area contributed by atoms with E-state index in [0.29, 0.717) is 13.1 Å². The summed E-state index contributed by atoms with van der Waals surface area (Å²) < 4.78 is 43.9. The molecule has 0 spiro atoms. The van der Waals surface area contributed by atoms with Gasteiger partial charge < -0.3 is 10.1 Å². The molecule has 1 aromatic rings. The fourth-order valence-electron chi connectivity index (χ4n) is 1.40. The summed E-state index contributed by atoms with van der Waals surface area (Å²) in [6.07, 6.45) is 0. The van der Waals surface area contributed by atoms with Gasteiger partial charge in [-0.25, -0.2) is 8.78 Å². The van der Waals surface area contributed by atoms with E-state index in [-0.39, 0.29) is 5.75 Å². The zero-order chi connectivity index (χ0) is 11.1. The van der Waals surface area contributed by atoms with Gasteiger partial charge in [-0.3, -0.25) is 0 Å². The second kappa shape index (κ2) is 3.41. The Labute approximate surface area is 85.0 Å². The van der Waals surface area contributed by atoms with Crippen molar-refractivity contribution in [2.75, 3.05) is 13.1 Å². The van der Waals surface area contributed by atoms with Crippen LogP contribution in [0.1, 0.15) is 6.92 Å². The molecule has 0 amide bonds. The Morgan fingerprint density at radius 3 is 2.40 bits per heavy atom. The predicted molar refractivity (Wildman–Crippen MR) is 48.2 cm³/mol. The van der Waals surface area contributed by atoms with Crippen LogP contribution in [-0.2, 0) is 0 Å². The first kappa shape index (κ1) is 10.3. The molecule has 1 N–H and O–H groups in total. The van der Waals surface area contributed by atoms with Gasteiger partial charge in [0.25, 0.3) is 0 Å². The van der Waals surface area contributed by atoms with Crippen molar-refractivity contribution in [1.82, 2.24) is 5.32 Å². The number of nitrogens with one attached hydrogen (secondary N) is 1. The van der Waals surface area contributed by atoms with Crippen LogP contribution >= 0.6 is 0 Å². The summed E-state index contributed by atoms with van der Waals surface area (Å²) in [6, 6.07) is 1.94. The summed E-state index contributed by atoms with van der Waals surface area (Å²) in [7, 11) is 0. The first-order valence-corrected chi connectivity index (χ1v) is 4.55. The van der Waals surface area contributed by atoms with Crippen molar-refractivity contribution in [3.8, 4) is 5.75 Å². The van der Waals surface area contributed by atoms with Crippen LogP contribution in [-0.4, -0.2) is 18.7 Å². The quantitative estimate of drug-likeness (QED) is 0.763. The molecule has 1 saturated heterocycles. The Morgan fingerprint density at radius 2 is 1.87 bits per heavy atom. The van der Waals surface area contributed by atoms with Gasteiger partial charge in [0.1, 0.15) is 5.60 Å². The zero-order valence-corrected chi connectivity index (χ0v) is 8.11. The highest BCUT2D eigenvalue weighted by Crippen LogP contribution is 2.27. The maximum atomic E-state index is 13.2. The van der Waals surface area contributed by atoms with Crippen molar-refractivity contribution in [3.05, 3.63) is 29.6 Å².